The molecule has 24 heavy (non-hydrogen) atoms. The predicted octanol–water partition coefficient (Wildman–Crippen LogP) is 2.39. The van der Waals surface area contributed by atoms with E-state index in [4.69, 9.17) is 9.15 Å². The summed E-state index contributed by atoms with van der Waals surface area (Å²) in [4.78, 5) is 11.0. The van der Waals surface area contributed by atoms with E-state index in [2.05, 4.69) is 20.2 Å². The van der Waals surface area contributed by atoms with Gasteiger partial charge < -0.3 is 19.4 Å². The van der Waals surface area contributed by atoms with Gasteiger partial charge in [0.2, 0.25) is 5.89 Å². The number of ether oxygens (including phenoxy) is 1. The third-order valence-electron chi connectivity index (χ3n) is 4.13. The smallest absolute Gasteiger partial charge is 0.226 e. The lowest BCUT2D eigenvalue weighted by molar-refractivity contribution is 0.181. The van der Waals surface area contributed by atoms with E-state index in [1.165, 1.54) is 0 Å². The number of nitrogens with one attached hydrogen (secondary N) is 1. The van der Waals surface area contributed by atoms with Gasteiger partial charge in [-0.1, -0.05) is 18.2 Å². The van der Waals surface area contributed by atoms with Crippen LogP contribution in [0.3, 0.4) is 0 Å². The molecule has 2 heterocycles. The Morgan fingerprint density at radius 3 is 2.92 bits per heavy atom. The zero-order valence-electron chi connectivity index (χ0n) is 14.2. The van der Waals surface area contributed by atoms with Crippen molar-refractivity contribution >= 4 is 5.96 Å². The van der Waals surface area contributed by atoms with Crippen molar-refractivity contribution < 1.29 is 9.15 Å². The second kappa shape index (κ2) is 7.97. The molecule has 1 aliphatic rings. The van der Waals surface area contributed by atoms with Crippen molar-refractivity contribution in [2.75, 3.05) is 33.9 Å². The number of benzene rings is 1. The molecule has 0 amide bonds. The first-order valence-corrected chi connectivity index (χ1v) is 8.25. The summed E-state index contributed by atoms with van der Waals surface area (Å²) >= 11 is 0. The maximum atomic E-state index is 5.56. The quantitative estimate of drug-likeness (QED) is 0.674. The van der Waals surface area contributed by atoms with Crippen LogP contribution in [0.25, 0.3) is 11.5 Å². The minimum atomic E-state index is 0.574. The molecule has 1 saturated heterocycles. The molecule has 6 heteroatoms. The fourth-order valence-electron chi connectivity index (χ4n) is 2.86. The Morgan fingerprint density at radius 1 is 1.38 bits per heavy atom. The molecule has 2 aromatic rings. The molecule has 6 nitrogen and oxygen atoms in total. The number of nitrogens with zero attached hydrogens (tertiary/aromatic N) is 3. The highest BCUT2D eigenvalue weighted by atomic mass is 16.5. The topological polar surface area (TPSA) is 62.9 Å². The van der Waals surface area contributed by atoms with E-state index >= 15 is 0 Å². The fourth-order valence-corrected chi connectivity index (χ4v) is 2.86. The minimum Gasteiger partial charge on any atom is -0.444 e. The monoisotopic (exact) mass is 328 g/mol. The lowest BCUT2D eigenvalue weighted by Crippen LogP contribution is -2.41. The standard InChI is InChI=1S/C18H24N4O2/c1-19-18(22(2)11-14-8-9-23-12-14)20-10-16-13-24-17(21-16)15-6-4-3-5-7-15/h3-7,13-14H,8-12H2,1-2H3,(H,19,20). The van der Waals surface area contributed by atoms with Gasteiger partial charge in [-0.15, -0.1) is 0 Å². The molecule has 128 valence electrons. The highest BCUT2D eigenvalue weighted by Crippen LogP contribution is 2.18. The van der Waals surface area contributed by atoms with Gasteiger partial charge in [-0.25, -0.2) is 4.98 Å². The highest BCUT2D eigenvalue weighted by Gasteiger charge is 2.19. The summed E-state index contributed by atoms with van der Waals surface area (Å²) in [5, 5.41) is 3.34. The summed E-state index contributed by atoms with van der Waals surface area (Å²) in [7, 11) is 3.84. The van der Waals surface area contributed by atoms with E-state index in [9.17, 15) is 0 Å². The summed E-state index contributed by atoms with van der Waals surface area (Å²) in [5.74, 6) is 2.07. The number of hydrogen-bond acceptors (Lipinski definition) is 4. The van der Waals surface area contributed by atoms with E-state index in [1.807, 2.05) is 37.4 Å². The van der Waals surface area contributed by atoms with Gasteiger partial charge >= 0.3 is 0 Å². The molecule has 0 saturated carbocycles. The highest BCUT2D eigenvalue weighted by molar-refractivity contribution is 5.79. The first-order valence-electron chi connectivity index (χ1n) is 8.25. The molecule has 0 radical (unpaired) electrons. The number of oxazole rings is 1. The van der Waals surface area contributed by atoms with Crippen molar-refractivity contribution in [1.82, 2.24) is 15.2 Å². The van der Waals surface area contributed by atoms with Gasteiger partial charge in [0, 0.05) is 38.7 Å². The van der Waals surface area contributed by atoms with Gasteiger partial charge in [0.25, 0.3) is 0 Å². The molecule has 0 spiro atoms. The fraction of sp³-hybridized carbons (Fsp3) is 0.444. The van der Waals surface area contributed by atoms with Crippen LogP contribution >= 0.6 is 0 Å². The van der Waals surface area contributed by atoms with Crippen molar-refractivity contribution in [3.63, 3.8) is 0 Å². The Balaban J connectivity index is 1.55. The van der Waals surface area contributed by atoms with E-state index in [-0.39, 0.29) is 0 Å². The lowest BCUT2D eigenvalue weighted by Gasteiger charge is -2.24. The molecular weight excluding hydrogens is 304 g/mol. The molecule has 1 aliphatic heterocycles. The maximum absolute atomic E-state index is 5.56. The van der Waals surface area contributed by atoms with Gasteiger partial charge in [0.05, 0.1) is 18.8 Å². The van der Waals surface area contributed by atoms with E-state index in [0.29, 0.717) is 18.4 Å². The molecule has 3 rings (SSSR count). The third kappa shape index (κ3) is 4.14. The van der Waals surface area contributed by atoms with Gasteiger partial charge in [0.1, 0.15) is 6.26 Å². The van der Waals surface area contributed by atoms with Gasteiger partial charge in [-0.05, 0) is 18.6 Å². The molecule has 0 bridgehead atoms. The maximum Gasteiger partial charge on any atom is 0.226 e. The largest absolute Gasteiger partial charge is 0.444 e. The van der Waals surface area contributed by atoms with Crippen LogP contribution in [-0.4, -0.2) is 49.7 Å². The Labute approximate surface area is 142 Å². The average Bonchev–Trinajstić information content (AvgIpc) is 3.28. The SMILES string of the molecule is CN=C(NCc1coc(-c2ccccc2)n1)N(C)CC1CCOC1. The molecule has 1 atom stereocenters. The van der Waals surface area contributed by atoms with E-state index < -0.39 is 0 Å². The van der Waals surface area contributed by atoms with Crippen LogP contribution in [0.1, 0.15) is 12.1 Å². The van der Waals surface area contributed by atoms with Crippen LogP contribution < -0.4 is 5.32 Å². The van der Waals surface area contributed by atoms with Crippen LogP contribution in [-0.2, 0) is 11.3 Å². The summed E-state index contributed by atoms with van der Waals surface area (Å²) < 4.78 is 11.0. The zero-order valence-corrected chi connectivity index (χ0v) is 14.2. The number of guanidine groups is 1. The van der Waals surface area contributed by atoms with Gasteiger partial charge in [-0.2, -0.15) is 0 Å². The average molecular weight is 328 g/mol. The molecule has 1 N–H and O–H groups in total. The minimum absolute atomic E-state index is 0.574. The Kier molecular flexibility index (Phi) is 5.48. The van der Waals surface area contributed by atoms with Crippen LogP contribution in [0, 0.1) is 5.92 Å². The zero-order chi connectivity index (χ0) is 16.8. The molecule has 0 aliphatic carbocycles. The van der Waals surface area contributed by atoms with Gasteiger partial charge in [0.15, 0.2) is 5.96 Å². The predicted molar refractivity (Wildman–Crippen MR) is 93.7 cm³/mol. The first kappa shape index (κ1) is 16.5. The van der Waals surface area contributed by atoms with Crippen molar-refractivity contribution in [3.8, 4) is 11.5 Å². The van der Waals surface area contributed by atoms with Crippen LogP contribution in [0.15, 0.2) is 46.0 Å². The van der Waals surface area contributed by atoms with Crippen LogP contribution in [0.5, 0.6) is 0 Å². The lowest BCUT2D eigenvalue weighted by atomic mass is 10.1. The normalized spacial score (nSPS) is 17.9. The summed E-state index contributed by atoms with van der Waals surface area (Å²) in [5.41, 5.74) is 1.83. The van der Waals surface area contributed by atoms with Crippen molar-refractivity contribution in [2.24, 2.45) is 10.9 Å². The molecular formula is C18H24N4O2. The Bertz CT molecular complexity index is 663. The second-order valence-electron chi connectivity index (χ2n) is 6.02. The van der Waals surface area contributed by atoms with E-state index in [0.717, 1.165) is 43.4 Å². The Morgan fingerprint density at radius 2 is 2.21 bits per heavy atom. The number of rotatable bonds is 5. The van der Waals surface area contributed by atoms with Crippen molar-refractivity contribution in [1.29, 1.82) is 0 Å². The van der Waals surface area contributed by atoms with Crippen molar-refractivity contribution in [3.05, 3.63) is 42.3 Å². The van der Waals surface area contributed by atoms with Crippen molar-refractivity contribution in [2.45, 2.75) is 13.0 Å². The third-order valence-corrected chi connectivity index (χ3v) is 4.13. The molecule has 1 fully saturated rings. The summed E-state index contributed by atoms with van der Waals surface area (Å²) in [6.45, 7) is 3.22. The summed E-state index contributed by atoms with van der Waals surface area (Å²) in [6.07, 6.45) is 2.80. The number of aromatic nitrogens is 1. The molecule has 1 aromatic heterocycles. The first-order chi connectivity index (χ1) is 11.8. The van der Waals surface area contributed by atoms with Crippen LogP contribution in [0.2, 0.25) is 0 Å². The molecule has 1 unspecified atom stereocenters. The summed E-state index contributed by atoms with van der Waals surface area (Å²) in [6, 6.07) is 9.89. The van der Waals surface area contributed by atoms with Gasteiger partial charge in [-0.3, -0.25) is 4.99 Å². The second-order valence-corrected chi connectivity index (χ2v) is 6.02. The molecule has 1 aromatic carbocycles. The Hall–Kier alpha value is -2.34. The van der Waals surface area contributed by atoms with Crippen LogP contribution in [0.4, 0.5) is 0 Å². The number of hydrogen-bond donors (Lipinski definition) is 1. The number of aliphatic imine (C=N–C) groups is 1. The van der Waals surface area contributed by atoms with E-state index in [1.54, 1.807) is 13.3 Å².